The van der Waals surface area contributed by atoms with Gasteiger partial charge in [-0.25, -0.2) is 0 Å². The third-order valence-electron chi connectivity index (χ3n) is 2.85. The molecule has 1 unspecified atom stereocenters. The number of morpholine rings is 1. The molecule has 1 amide bonds. The Morgan fingerprint density at radius 2 is 2.21 bits per heavy atom. The summed E-state index contributed by atoms with van der Waals surface area (Å²) in [7, 11) is 0. The molecule has 0 spiro atoms. The monoisotopic (exact) mass is 324 g/mol. The normalized spacial score (nSPS) is 18.9. The van der Waals surface area contributed by atoms with Crippen molar-refractivity contribution < 1.29 is 9.53 Å². The Hall–Kier alpha value is -0.520. The molecule has 0 aromatic heterocycles. The summed E-state index contributed by atoms with van der Waals surface area (Å²) in [6.45, 7) is 1.94. The molecule has 0 saturated carbocycles. The number of rotatable bonds is 2. The van der Waals surface area contributed by atoms with E-state index in [0.717, 1.165) is 0 Å². The van der Waals surface area contributed by atoms with E-state index in [2.05, 4.69) is 0 Å². The fourth-order valence-electron chi connectivity index (χ4n) is 1.88. The van der Waals surface area contributed by atoms with Gasteiger partial charge in [-0.15, -0.1) is 12.4 Å². The van der Waals surface area contributed by atoms with Crippen LogP contribution in [0.15, 0.2) is 18.2 Å². The van der Waals surface area contributed by atoms with Crippen molar-refractivity contribution in [3.8, 4) is 0 Å². The van der Waals surface area contributed by atoms with Crippen molar-refractivity contribution in [2.75, 3.05) is 26.2 Å². The second-order valence-corrected chi connectivity index (χ2v) is 4.95. The van der Waals surface area contributed by atoms with Crippen LogP contribution in [0.25, 0.3) is 0 Å². The highest BCUT2D eigenvalue weighted by Gasteiger charge is 2.25. The molecule has 7 heteroatoms. The Balaban J connectivity index is 0.00000180. The molecule has 0 aliphatic carbocycles. The number of amides is 1. The minimum Gasteiger partial charge on any atom is -0.373 e. The van der Waals surface area contributed by atoms with Gasteiger partial charge in [0.1, 0.15) is 0 Å². The van der Waals surface area contributed by atoms with Gasteiger partial charge in [-0.3, -0.25) is 4.79 Å². The van der Waals surface area contributed by atoms with Crippen LogP contribution in [0.2, 0.25) is 10.0 Å². The predicted molar refractivity (Wildman–Crippen MR) is 78.4 cm³/mol. The summed E-state index contributed by atoms with van der Waals surface area (Å²) in [6.07, 6.45) is -0.103. The number of hydrogen-bond donors (Lipinski definition) is 1. The molecule has 1 saturated heterocycles. The molecule has 1 fully saturated rings. The zero-order valence-electron chi connectivity index (χ0n) is 10.1. The summed E-state index contributed by atoms with van der Waals surface area (Å²) >= 11 is 11.8. The third-order valence-corrected chi connectivity index (χ3v) is 3.40. The maximum Gasteiger partial charge on any atom is 0.255 e. The Morgan fingerprint density at radius 3 is 2.84 bits per heavy atom. The van der Waals surface area contributed by atoms with Gasteiger partial charge in [-0.1, -0.05) is 23.2 Å². The molecule has 0 bridgehead atoms. The lowest BCUT2D eigenvalue weighted by Crippen LogP contribution is -2.48. The zero-order valence-corrected chi connectivity index (χ0v) is 12.5. The quantitative estimate of drug-likeness (QED) is 0.907. The number of nitrogens with two attached hydrogens (primary N) is 1. The second-order valence-electron chi connectivity index (χ2n) is 4.10. The van der Waals surface area contributed by atoms with E-state index < -0.39 is 0 Å². The van der Waals surface area contributed by atoms with Crippen LogP contribution in [0.4, 0.5) is 0 Å². The van der Waals surface area contributed by atoms with Crippen LogP contribution in [0.1, 0.15) is 10.4 Å². The largest absolute Gasteiger partial charge is 0.373 e. The molecular weight excluding hydrogens is 311 g/mol. The number of hydrogen-bond acceptors (Lipinski definition) is 3. The first-order chi connectivity index (χ1) is 8.61. The molecule has 0 radical (unpaired) electrons. The molecule has 1 aromatic carbocycles. The molecule has 19 heavy (non-hydrogen) atoms. The van der Waals surface area contributed by atoms with Crippen LogP contribution >= 0.6 is 35.6 Å². The molecule has 1 atom stereocenters. The smallest absolute Gasteiger partial charge is 0.255 e. The van der Waals surface area contributed by atoms with E-state index in [0.29, 0.717) is 41.8 Å². The number of nitrogens with zero attached hydrogens (tertiary/aromatic N) is 1. The molecular formula is C12H15Cl3N2O2. The minimum atomic E-state index is -0.113. The number of ether oxygens (including phenoxy) is 1. The second kappa shape index (κ2) is 7.31. The number of halogens is 3. The Morgan fingerprint density at radius 1 is 1.47 bits per heavy atom. The zero-order chi connectivity index (χ0) is 13.1. The topological polar surface area (TPSA) is 55.6 Å². The molecule has 1 aromatic rings. The van der Waals surface area contributed by atoms with Crippen LogP contribution in [0.5, 0.6) is 0 Å². The van der Waals surface area contributed by atoms with Crippen LogP contribution in [0, 0.1) is 0 Å². The van der Waals surface area contributed by atoms with Crippen LogP contribution in [0.3, 0.4) is 0 Å². The van der Waals surface area contributed by atoms with Gasteiger partial charge in [0, 0.05) is 24.7 Å². The fraction of sp³-hybridized carbons (Fsp3) is 0.417. The van der Waals surface area contributed by atoms with E-state index in [4.69, 9.17) is 33.7 Å². The average Bonchev–Trinajstić information content (AvgIpc) is 2.38. The van der Waals surface area contributed by atoms with Crippen molar-refractivity contribution in [1.29, 1.82) is 0 Å². The number of benzene rings is 1. The first-order valence-corrected chi connectivity index (χ1v) is 6.43. The van der Waals surface area contributed by atoms with Crippen molar-refractivity contribution in [1.82, 2.24) is 4.90 Å². The summed E-state index contributed by atoms with van der Waals surface area (Å²) < 4.78 is 5.42. The summed E-state index contributed by atoms with van der Waals surface area (Å²) in [5.41, 5.74) is 6.00. The number of carbonyl (C=O) groups excluding carboxylic acids is 1. The molecule has 2 N–H and O–H groups in total. The average molecular weight is 326 g/mol. The van der Waals surface area contributed by atoms with Gasteiger partial charge in [0.15, 0.2) is 0 Å². The van der Waals surface area contributed by atoms with Gasteiger partial charge in [0.05, 0.1) is 23.3 Å². The Bertz CT molecular complexity index is 457. The SMILES string of the molecule is Cl.NCC1CN(C(=O)c2ccc(Cl)cc2Cl)CCO1. The molecule has 4 nitrogen and oxygen atoms in total. The Kier molecular flexibility index (Phi) is 6.36. The van der Waals surface area contributed by atoms with Crippen LogP contribution in [-0.2, 0) is 4.74 Å². The van der Waals surface area contributed by atoms with Gasteiger partial charge in [0.2, 0.25) is 0 Å². The highest BCUT2D eigenvalue weighted by molar-refractivity contribution is 6.36. The first-order valence-electron chi connectivity index (χ1n) is 5.68. The molecule has 1 heterocycles. The van der Waals surface area contributed by atoms with E-state index in [-0.39, 0.29) is 24.4 Å². The molecule has 106 valence electrons. The van der Waals surface area contributed by atoms with Crippen molar-refractivity contribution in [2.24, 2.45) is 5.73 Å². The van der Waals surface area contributed by atoms with Gasteiger partial charge >= 0.3 is 0 Å². The van der Waals surface area contributed by atoms with Crippen LogP contribution < -0.4 is 5.73 Å². The van der Waals surface area contributed by atoms with Crippen molar-refractivity contribution >= 4 is 41.5 Å². The third kappa shape index (κ3) is 3.97. The lowest BCUT2D eigenvalue weighted by atomic mass is 10.1. The summed E-state index contributed by atoms with van der Waals surface area (Å²) in [6, 6.07) is 4.86. The van der Waals surface area contributed by atoms with Gasteiger partial charge in [-0.05, 0) is 18.2 Å². The van der Waals surface area contributed by atoms with Crippen molar-refractivity contribution in [2.45, 2.75) is 6.10 Å². The predicted octanol–water partition coefficient (Wildman–Crippen LogP) is 2.21. The standard InChI is InChI=1S/C12H14Cl2N2O2.ClH/c13-8-1-2-10(11(14)5-8)12(17)16-3-4-18-9(6-15)7-16;/h1-2,5,9H,3-4,6-7,15H2;1H. The van der Waals surface area contributed by atoms with Crippen molar-refractivity contribution in [3.05, 3.63) is 33.8 Å². The highest BCUT2D eigenvalue weighted by atomic mass is 35.5. The molecule has 2 rings (SSSR count). The van der Waals surface area contributed by atoms with Gasteiger partial charge < -0.3 is 15.4 Å². The van der Waals surface area contributed by atoms with E-state index in [1.54, 1.807) is 23.1 Å². The van der Waals surface area contributed by atoms with Gasteiger partial charge in [-0.2, -0.15) is 0 Å². The first kappa shape index (κ1) is 16.5. The maximum atomic E-state index is 12.3. The molecule has 1 aliphatic heterocycles. The summed E-state index contributed by atoms with van der Waals surface area (Å²) in [4.78, 5) is 14.0. The lowest BCUT2D eigenvalue weighted by molar-refractivity contribution is -0.0167. The van der Waals surface area contributed by atoms with Crippen molar-refractivity contribution in [3.63, 3.8) is 0 Å². The van der Waals surface area contributed by atoms with Crippen LogP contribution in [-0.4, -0.2) is 43.2 Å². The molecule has 1 aliphatic rings. The van der Waals surface area contributed by atoms with E-state index in [1.165, 1.54) is 0 Å². The van der Waals surface area contributed by atoms with E-state index in [9.17, 15) is 4.79 Å². The van der Waals surface area contributed by atoms with E-state index >= 15 is 0 Å². The van der Waals surface area contributed by atoms with Gasteiger partial charge in [0.25, 0.3) is 5.91 Å². The summed E-state index contributed by atoms with van der Waals surface area (Å²) in [5, 5.41) is 0.877. The number of carbonyl (C=O) groups is 1. The maximum absolute atomic E-state index is 12.3. The lowest BCUT2D eigenvalue weighted by Gasteiger charge is -2.32. The van der Waals surface area contributed by atoms with E-state index in [1.807, 2.05) is 0 Å². The minimum absolute atomic E-state index is 0. The Labute approximate surface area is 128 Å². The fourth-order valence-corrected chi connectivity index (χ4v) is 2.37. The summed E-state index contributed by atoms with van der Waals surface area (Å²) in [5.74, 6) is -0.113. The highest BCUT2D eigenvalue weighted by Crippen LogP contribution is 2.23.